The van der Waals surface area contributed by atoms with Crippen LogP contribution in [0, 0.1) is 6.92 Å². The molecule has 60 valence electrons. The summed E-state index contributed by atoms with van der Waals surface area (Å²) in [5.41, 5.74) is 0.861. The molecule has 1 aromatic carbocycles. The van der Waals surface area contributed by atoms with Crippen LogP contribution in [0.1, 0.15) is 5.56 Å². The van der Waals surface area contributed by atoms with Gasteiger partial charge in [0.15, 0.2) is 11.5 Å². The lowest BCUT2D eigenvalue weighted by molar-refractivity contribution is 0.400. The lowest BCUT2D eigenvalue weighted by Gasteiger charge is -2.05. The first-order valence-corrected chi connectivity index (χ1v) is 4.49. The second-order valence-corrected chi connectivity index (χ2v) is 3.81. The third-order valence-electron chi connectivity index (χ3n) is 1.40. The molecule has 0 heterocycles. The number of hydrogen-bond acceptors (Lipinski definition) is 2. The van der Waals surface area contributed by atoms with Crippen LogP contribution in [0.4, 0.5) is 0 Å². The Bertz CT molecular complexity index is 271. The Morgan fingerprint density at radius 2 is 1.82 bits per heavy atom. The van der Waals surface area contributed by atoms with Crippen molar-refractivity contribution < 1.29 is 10.2 Å². The van der Waals surface area contributed by atoms with Crippen molar-refractivity contribution in [3.63, 3.8) is 0 Å². The molecule has 0 aliphatic heterocycles. The molecule has 0 unspecified atom stereocenters. The molecule has 0 radical (unpaired) electrons. The van der Waals surface area contributed by atoms with E-state index in [1.807, 2.05) is 6.92 Å². The van der Waals surface area contributed by atoms with Gasteiger partial charge in [-0.2, -0.15) is 0 Å². The zero-order valence-electron chi connectivity index (χ0n) is 5.73. The summed E-state index contributed by atoms with van der Waals surface area (Å²) in [6.07, 6.45) is 0. The second kappa shape index (κ2) is 3.03. The van der Waals surface area contributed by atoms with Crippen molar-refractivity contribution >= 4 is 31.9 Å². The van der Waals surface area contributed by atoms with Crippen LogP contribution < -0.4 is 0 Å². The maximum Gasteiger partial charge on any atom is 0.172 e. The van der Waals surface area contributed by atoms with Crippen molar-refractivity contribution in [3.05, 3.63) is 20.6 Å². The maximum absolute atomic E-state index is 9.19. The molecule has 0 aromatic heterocycles. The smallest absolute Gasteiger partial charge is 0.172 e. The molecule has 0 atom stereocenters. The molecule has 2 N–H and O–H groups in total. The third kappa shape index (κ3) is 1.51. The summed E-state index contributed by atoms with van der Waals surface area (Å²) in [6.45, 7) is 1.83. The van der Waals surface area contributed by atoms with Crippen LogP contribution in [0.5, 0.6) is 11.5 Å². The lowest BCUT2D eigenvalue weighted by Crippen LogP contribution is -1.79. The van der Waals surface area contributed by atoms with E-state index in [-0.39, 0.29) is 11.5 Å². The zero-order valence-corrected chi connectivity index (χ0v) is 8.90. The van der Waals surface area contributed by atoms with E-state index in [0.717, 1.165) is 10.0 Å². The molecule has 0 spiro atoms. The minimum atomic E-state index is -0.130. The zero-order chi connectivity index (χ0) is 8.59. The van der Waals surface area contributed by atoms with Gasteiger partial charge in [-0.25, -0.2) is 0 Å². The predicted molar refractivity (Wildman–Crippen MR) is 49.9 cm³/mol. The van der Waals surface area contributed by atoms with Crippen molar-refractivity contribution in [2.75, 3.05) is 0 Å². The number of aromatic hydroxyl groups is 2. The van der Waals surface area contributed by atoms with Crippen LogP contribution in [0.3, 0.4) is 0 Å². The summed E-state index contributed by atoms with van der Waals surface area (Å²) in [5.74, 6) is -0.250. The summed E-state index contributed by atoms with van der Waals surface area (Å²) in [7, 11) is 0. The van der Waals surface area contributed by atoms with Gasteiger partial charge in [-0.1, -0.05) is 15.9 Å². The van der Waals surface area contributed by atoms with Gasteiger partial charge < -0.3 is 10.2 Å². The van der Waals surface area contributed by atoms with E-state index in [0.29, 0.717) is 4.47 Å². The fraction of sp³-hybridized carbons (Fsp3) is 0.143. The minimum absolute atomic E-state index is 0.120. The number of hydrogen-bond donors (Lipinski definition) is 2. The van der Waals surface area contributed by atoms with Crippen molar-refractivity contribution in [2.24, 2.45) is 0 Å². The van der Waals surface area contributed by atoms with E-state index in [2.05, 4.69) is 31.9 Å². The van der Waals surface area contributed by atoms with Crippen LogP contribution in [0.2, 0.25) is 0 Å². The maximum atomic E-state index is 9.19. The lowest BCUT2D eigenvalue weighted by atomic mass is 10.2. The van der Waals surface area contributed by atoms with E-state index in [1.54, 1.807) is 0 Å². The van der Waals surface area contributed by atoms with E-state index in [9.17, 15) is 5.11 Å². The van der Waals surface area contributed by atoms with Gasteiger partial charge in [0.2, 0.25) is 0 Å². The van der Waals surface area contributed by atoms with Crippen molar-refractivity contribution in [3.8, 4) is 11.5 Å². The van der Waals surface area contributed by atoms with Gasteiger partial charge in [-0.3, -0.25) is 0 Å². The van der Waals surface area contributed by atoms with Crippen molar-refractivity contribution in [2.45, 2.75) is 6.92 Å². The minimum Gasteiger partial charge on any atom is -0.504 e. The Morgan fingerprint density at radius 3 is 2.36 bits per heavy atom. The number of benzene rings is 1. The summed E-state index contributed by atoms with van der Waals surface area (Å²) < 4.78 is 1.28. The first-order valence-electron chi connectivity index (χ1n) is 2.90. The highest BCUT2D eigenvalue weighted by atomic mass is 79.9. The topological polar surface area (TPSA) is 40.5 Å². The van der Waals surface area contributed by atoms with E-state index in [4.69, 9.17) is 5.11 Å². The predicted octanol–water partition coefficient (Wildman–Crippen LogP) is 2.93. The molecule has 0 amide bonds. The summed E-state index contributed by atoms with van der Waals surface area (Å²) in [5, 5.41) is 18.3. The van der Waals surface area contributed by atoms with Gasteiger partial charge in [-0.15, -0.1) is 0 Å². The van der Waals surface area contributed by atoms with Crippen LogP contribution in [-0.4, -0.2) is 10.2 Å². The molecule has 0 saturated carbocycles. The van der Waals surface area contributed by atoms with Crippen LogP contribution >= 0.6 is 31.9 Å². The summed E-state index contributed by atoms with van der Waals surface area (Å²) >= 11 is 6.37. The molecule has 0 bridgehead atoms. The van der Waals surface area contributed by atoms with Gasteiger partial charge in [0, 0.05) is 4.47 Å². The third-order valence-corrected chi connectivity index (χ3v) is 3.20. The van der Waals surface area contributed by atoms with Crippen molar-refractivity contribution in [1.82, 2.24) is 0 Å². The molecular formula is C7H6Br2O2. The van der Waals surface area contributed by atoms with Gasteiger partial charge in [-0.05, 0) is 34.5 Å². The molecule has 0 aliphatic rings. The average Bonchev–Trinajstić information content (AvgIpc) is 1.97. The standard InChI is InChI=1S/C7H6Br2O2/c1-3-4(8)2-5(10)7(11)6(3)9/h2,10-11H,1H3. The fourth-order valence-electron chi connectivity index (χ4n) is 0.692. The Hall–Kier alpha value is -0.220. The van der Waals surface area contributed by atoms with Crippen LogP contribution in [0.25, 0.3) is 0 Å². The number of phenolic OH excluding ortho intramolecular Hbond substituents is 2. The molecule has 0 saturated heterocycles. The van der Waals surface area contributed by atoms with Crippen LogP contribution in [0.15, 0.2) is 15.0 Å². The second-order valence-electron chi connectivity index (χ2n) is 2.17. The molecule has 1 aromatic rings. The number of halogens is 2. The molecular weight excluding hydrogens is 276 g/mol. The molecule has 0 aliphatic carbocycles. The summed E-state index contributed by atoms with van der Waals surface area (Å²) in [6, 6.07) is 1.45. The quantitative estimate of drug-likeness (QED) is 0.718. The Labute approximate surface area is 81.1 Å². The normalized spacial score (nSPS) is 10.1. The van der Waals surface area contributed by atoms with E-state index < -0.39 is 0 Å². The van der Waals surface area contributed by atoms with E-state index >= 15 is 0 Å². The average molecular weight is 282 g/mol. The molecule has 0 fully saturated rings. The molecule has 11 heavy (non-hydrogen) atoms. The largest absolute Gasteiger partial charge is 0.504 e. The van der Waals surface area contributed by atoms with Crippen molar-refractivity contribution in [1.29, 1.82) is 0 Å². The highest BCUT2D eigenvalue weighted by Gasteiger charge is 2.09. The van der Waals surface area contributed by atoms with Gasteiger partial charge in [0.05, 0.1) is 4.47 Å². The number of phenols is 2. The highest BCUT2D eigenvalue weighted by Crippen LogP contribution is 2.39. The molecule has 2 nitrogen and oxygen atoms in total. The monoisotopic (exact) mass is 280 g/mol. The molecule has 1 rings (SSSR count). The van der Waals surface area contributed by atoms with Gasteiger partial charge in [0.25, 0.3) is 0 Å². The highest BCUT2D eigenvalue weighted by molar-refractivity contribution is 9.11. The fourth-order valence-corrected chi connectivity index (χ4v) is 1.79. The SMILES string of the molecule is Cc1c(Br)cc(O)c(O)c1Br. The van der Waals surface area contributed by atoms with Gasteiger partial charge >= 0.3 is 0 Å². The molecule has 4 heteroatoms. The summed E-state index contributed by atoms with van der Waals surface area (Å²) in [4.78, 5) is 0. The first kappa shape index (κ1) is 8.87. The van der Waals surface area contributed by atoms with E-state index in [1.165, 1.54) is 6.07 Å². The first-order chi connectivity index (χ1) is 5.04. The Morgan fingerprint density at radius 1 is 1.27 bits per heavy atom. The number of rotatable bonds is 0. The Balaban J connectivity index is 3.46. The van der Waals surface area contributed by atoms with Gasteiger partial charge in [0.1, 0.15) is 0 Å². The van der Waals surface area contributed by atoms with Crippen LogP contribution in [-0.2, 0) is 0 Å². The Kier molecular flexibility index (Phi) is 2.44.